The van der Waals surface area contributed by atoms with E-state index in [2.05, 4.69) is 26.7 Å². The smallest absolute Gasteiger partial charge is 0.227 e. The van der Waals surface area contributed by atoms with Crippen LogP contribution in [0.15, 0.2) is 17.9 Å². The number of aromatic nitrogens is 5. The van der Waals surface area contributed by atoms with Crippen molar-refractivity contribution in [3.63, 3.8) is 0 Å². The van der Waals surface area contributed by atoms with Crippen LogP contribution in [0, 0.1) is 11.3 Å². The number of nitrogen functional groups attached to an aromatic ring is 1. The maximum absolute atomic E-state index is 12.3. The van der Waals surface area contributed by atoms with Gasteiger partial charge in [-0.05, 0) is 12.8 Å². The molecule has 3 heterocycles. The van der Waals surface area contributed by atoms with Crippen molar-refractivity contribution in [2.24, 2.45) is 29.3 Å². The summed E-state index contributed by atoms with van der Waals surface area (Å²) in [5.41, 5.74) is 6.34. The quantitative estimate of drug-likeness (QED) is 0.180. The second-order valence-corrected chi connectivity index (χ2v) is 9.80. The lowest BCUT2D eigenvalue weighted by Crippen LogP contribution is -2.41. The summed E-state index contributed by atoms with van der Waals surface area (Å²) in [7, 11) is 1.79. The summed E-state index contributed by atoms with van der Waals surface area (Å²) in [6, 6.07) is 0. The number of piperidine rings is 1. The number of nitrogens with zero attached hydrogens (tertiary/aromatic N) is 7. The fourth-order valence-corrected chi connectivity index (χ4v) is 3.80. The maximum atomic E-state index is 12.3. The first-order valence-electron chi connectivity index (χ1n) is 11.5. The summed E-state index contributed by atoms with van der Waals surface area (Å²) in [6.07, 6.45) is 3.01. The first kappa shape index (κ1) is 26.1. The molecule has 12 nitrogen and oxygen atoms in total. The second kappa shape index (κ2) is 10.4. The molecule has 190 valence electrons. The zero-order valence-electron chi connectivity index (χ0n) is 21.0. The molecule has 5 N–H and O–H groups in total. The lowest BCUT2D eigenvalue weighted by molar-refractivity contribution is -0.137. The van der Waals surface area contributed by atoms with Crippen molar-refractivity contribution >= 4 is 23.4 Å². The minimum atomic E-state index is -0.438. The molecular weight excluding hydrogens is 450 g/mol. The van der Waals surface area contributed by atoms with E-state index in [0.29, 0.717) is 30.4 Å². The van der Waals surface area contributed by atoms with Crippen LogP contribution in [0.2, 0.25) is 0 Å². The number of amides is 1. The van der Waals surface area contributed by atoms with Gasteiger partial charge in [0.05, 0.1) is 18.7 Å². The highest BCUT2D eigenvalue weighted by Crippen LogP contribution is 2.29. The van der Waals surface area contributed by atoms with Gasteiger partial charge >= 0.3 is 0 Å². The molecule has 1 saturated heterocycles. The number of anilines is 1. The zero-order chi connectivity index (χ0) is 25.9. The molecule has 0 unspecified atom stereocenters. The van der Waals surface area contributed by atoms with Gasteiger partial charge in [0, 0.05) is 31.5 Å². The Morgan fingerprint density at radius 3 is 2.57 bits per heavy atom. The van der Waals surface area contributed by atoms with Crippen LogP contribution < -0.4 is 11.6 Å². The van der Waals surface area contributed by atoms with Gasteiger partial charge in [-0.1, -0.05) is 34.3 Å². The van der Waals surface area contributed by atoms with E-state index in [1.165, 1.54) is 6.20 Å². The highest BCUT2D eigenvalue weighted by molar-refractivity contribution is 5.86. The summed E-state index contributed by atoms with van der Waals surface area (Å²) in [5, 5.41) is 17.6. The summed E-state index contributed by atoms with van der Waals surface area (Å²) in [5.74, 6) is 7.00. The normalized spacial score (nSPS) is 16.3. The zero-order valence-corrected chi connectivity index (χ0v) is 21.0. The molecule has 2 aromatic rings. The van der Waals surface area contributed by atoms with Crippen molar-refractivity contribution in [2.75, 3.05) is 25.4 Å². The van der Waals surface area contributed by atoms with Crippen LogP contribution in [-0.4, -0.2) is 66.2 Å². The van der Waals surface area contributed by atoms with Gasteiger partial charge in [-0.2, -0.15) is 5.10 Å². The molecule has 2 aromatic heterocycles. The molecule has 0 saturated carbocycles. The molecule has 1 amide bonds. The van der Waals surface area contributed by atoms with E-state index in [0.717, 1.165) is 12.8 Å². The average Bonchev–Trinajstić information content (AvgIpc) is 3.22. The predicted octanol–water partition coefficient (Wildman–Crippen LogP) is 1.49. The van der Waals surface area contributed by atoms with Crippen molar-refractivity contribution in [3.05, 3.63) is 24.3 Å². The summed E-state index contributed by atoms with van der Waals surface area (Å²) in [6.45, 7) is 12.4. The number of likely N-dealkylation sites (tertiary alicyclic amines) is 1. The summed E-state index contributed by atoms with van der Waals surface area (Å²) in [4.78, 5) is 27.7. The van der Waals surface area contributed by atoms with E-state index in [1.807, 2.05) is 20.8 Å². The first-order valence-corrected chi connectivity index (χ1v) is 11.5. The van der Waals surface area contributed by atoms with E-state index >= 15 is 0 Å². The Morgan fingerprint density at radius 2 is 2.00 bits per heavy atom. The van der Waals surface area contributed by atoms with Gasteiger partial charge in [0.2, 0.25) is 11.8 Å². The highest BCUT2D eigenvalue weighted by atomic mass is 16.5. The number of nitrogens with two attached hydrogens (primary N) is 2. The number of ether oxygens (including phenoxy) is 1. The number of hydrogen-bond acceptors (Lipinski definition) is 10. The molecular formula is C23H35N9O3. The topological polar surface area (TPSA) is 171 Å². The second-order valence-electron chi connectivity index (χ2n) is 9.80. The van der Waals surface area contributed by atoms with Crippen LogP contribution in [0.25, 0.3) is 17.3 Å². The van der Waals surface area contributed by atoms with Gasteiger partial charge in [0.15, 0.2) is 23.2 Å². The van der Waals surface area contributed by atoms with Gasteiger partial charge in [0.25, 0.3) is 0 Å². The molecule has 1 aliphatic heterocycles. The van der Waals surface area contributed by atoms with E-state index in [-0.39, 0.29) is 41.6 Å². The van der Waals surface area contributed by atoms with Crippen molar-refractivity contribution < 1.29 is 14.6 Å². The van der Waals surface area contributed by atoms with E-state index in [4.69, 9.17) is 21.3 Å². The molecule has 0 spiro atoms. The Labute approximate surface area is 205 Å². The van der Waals surface area contributed by atoms with Crippen LogP contribution in [0.4, 0.5) is 5.82 Å². The van der Waals surface area contributed by atoms with Crippen molar-refractivity contribution in [1.29, 1.82) is 0 Å². The first-order chi connectivity index (χ1) is 16.5. The van der Waals surface area contributed by atoms with Gasteiger partial charge in [-0.3, -0.25) is 4.79 Å². The van der Waals surface area contributed by atoms with Crippen molar-refractivity contribution in [1.82, 2.24) is 29.6 Å². The largest absolute Gasteiger partial charge is 0.439 e. The monoisotopic (exact) mass is 485 g/mol. The van der Waals surface area contributed by atoms with Crippen LogP contribution in [0.3, 0.4) is 0 Å². The standard InChI is InChI=1S/C23H35N9O3/c1-13(12-33)21(34)32-9-7-15(8-10-32)19-28-20(31(6)30-19)16-11-26-18(24)17(27-16)14(2)35-22(29-25)23(3,4)5/h11,13,15,33H,2,7-10,12,25H2,1,3-6H3,(H2,24,26)/b29-22-/t13-/m1/s1. The molecule has 0 radical (unpaired) electrons. The number of hydrazone groups is 1. The van der Waals surface area contributed by atoms with Crippen LogP contribution in [0.1, 0.15) is 58.0 Å². The molecule has 1 fully saturated rings. The molecule has 0 aromatic carbocycles. The Hall–Kier alpha value is -3.54. The molecule has 1 atom stereocenters. The number of aliphatic hydroxyl groups is 1. The minimum Gasteiger partial charge on any atom is -0.439 e. The number of hydrogen-bond donors (Lipinski definition) is 3. The fraction of sp³-hybridized carbons (Fsp3) is 0.565. The van der Waals surface area contributed by atoms with Crippen LogP contribution in [-0.2, 0) is 16.6 Å². The summed E-state index contributed by atoms with van der Waals surface area (Å²) < 4.78 is 7.41. The third kappa shape index (κ3) is 5.76. The number of aryl methyl sites for hydroxylation is 1. The number of aliphatic hydroxyl groups excluding tert-OH is 1. The molecule has 35 heavy (non-hydrogen) atoms. The van der Waals surface area contributed by atoms with E-state index in [9.17, 15) is 9.90 Å². The van der Waals surface area contributed by atoms with Gasteiger partial charge < -0.3 is 26.3 Å². The van der Waals surface area contributed by atoms with Gasteiger partial charge in [-0.15, -0.1) is 5.10 Å². The van der Waals surface area contributed by atoms with E-state index < -0.39 is 11.3 Å². The molecule has 3 rings (SSSR count). The van der Waals surface area contributed by atoms with E-state index in [1.54, 1.807) is 23.6 Å². The predicted molar refractivity (Wildman–Crippen MR) is 132 cm³/mol. The lowest BCUT2D eigenvalue weighted by Gasteiger charge is -2.32. The van der Waals surface area contributed by atoms with Gasteiger partial charge in [-0.25, -0.2) is 19.6 Å². The van der Waals surface area contributed by atoms with Crippen molar-refractivity contribution in [3.8, 4) is 11.5 Å². The minimum absolute atomic E-state index is 0.0259. The number of rotatable bonds is 6. The summed E-state index contributed by atoms with van der Waals surface area (Å²) >= 11 is 0. The number of carbonyl (C=O) groups excluding carboxylic acids is 1. The Balaban J connectivity index is 1.78. The lowest BCUT2D eigenvalue weighted by atomic mass is 9.95. The molecule has 0 bridgehead atoms. The molecule has 0 aliphatic carbocycles. The Morgan fingerprint density at radius 1 is 1.34 bits per heavy atom. The Bertz CT molecular complexity index is 1110. The fourth-order valence-electron chi connectivity index (χ4n) is 3.80. The van der Waals surface area contributed by atoms with Crippen LogP contribution in [0.5, 0.6) is 0 Å². The van der Waals surface area contributed by atoms with Gasteiger partial charge in [0.1, 0.15) is 11.4 Å². The molecule has 12 heteroatoms. The SMILES string of the molecule is C=C(O/C(=N\N)C(C)(C)C)c1nc(-c2nc(C3CCN(C(=O)[C@H](C)CO)CC3)nn2C)cnc1N. The third-order valence-corrected chi connectivity index (χ3v) is 5.92. The number of carbonyl (C=O) groups is 1. The van der Waals surface area contributed by atoms with Crippen LogP contribution >= 0.6 is 0 Å². The highest BCUT2D eigenvalue weighted by Gasteiger charge is 2.29. The van der Waals surface area contributed by atoms with Crippen molar-refractivity contribution in [2.45, 2.75) is 46.5 Å². The maximum Gasteiger partial charge on any atom is 0.227 e. The molecule has 1 aliphatic rings. The Kier molecular flexibility index (Phi) is 7.73. The third-order valence-electron chi connectivity index (χ3n) is 5.92. The average molecular weight is 486 g/mol.